The number of halogens is 1. The molecule has 0 unspecified atom stereocenters. The number of anilines is 2. The predicted octanol–water partition coefficient (Wildman–Crippen LogP) is 4.76. The minimum Gasteiger partial charge on any atom is -0.332 e. The lowest BCUT2D eigenvalue weighted by Gasteiger charge is -2.12. The number of nitrogens with one attached hydrogen (secondary N) is 2. The molecule has 104 valence electrons. The van der Waals surface area contributed by atoms with Crippen LogP contribution in [-0.4, -0.2) is 5.11 Å². The van der Waals surface area contributed by atoms with Gasteiger partial charge in [0.1, 0.15) is 5.82 Å². The van der Waals surface area contributed by atoms with Gasteiger partial charge in [0.15, 0.2) is 5.11 Å². The fourth-order valence-electron chi connectivity index (χ4n) is 1.80. The Labute approximate surface area is 124 Å². The molecule has 0 aliphatic rings. The van der Waals surface area contributed by atoms with Gasteiger partial charge in [-0.05, 0) is 48.0 Å². The molecule has 0 aliphatic carbocycles. The van der Waals surface area contributed by atoms with Crippen LogP contribution in [0.25, 0.3) is 0 Å². The number of benzene rings is 2. The maximum atomic E-state index is 13.5. The molecule has 0 saturated carbocycles. The lowest BCUT2D eigenvalue weighted by Crippen LogP contribution is -2.19. The van der Waals surface area contributed by atoms with Crippen LogP contribution in [0.5, 0.6) is 0 Å². The van der Waals surface area contributed by atoms with Crippen molar-refractivity contribution < 1.29 is 4.39 Å². The molecule has 0 aromatic heterocycles. The van der Waals surface area contributed by atoms with Crippen molar-refractivity contribution in [1.29, 1.82) is 0 Å². The van der Waals surface area contributed by atoms with Gasteiger partial charge in [-0.1, -0.05) is 38.1 Å². The summed E-state index contributed by atoms with van der Waals surface area (Å²) in [5, 5.41) is 6.25. The smallest absolute Gasteiger partial charge is 0.175 e. The van der Waals surface area contributed by atoms with Gasteiger partial charge in [0.05, 0.1) is 5.69 Å². The van der Waals surface area contributed by atoms with Crippen molar-refractivity contribution in [3.63, 3.8) is 0 Å². The summed E-state index contributed by atoms with van der Waals surface area (Å²) in [4.78, 5) is 0. The first kappa shape index (κ1) is 14.5. The van der Waals surface area contributed by atoms with Gasteiger partial charge in [0, 0.05) is 5.69 Å². The minimum absolute atomic E-state index is 0.327. The third-order valence-electron chi connectivity index (χ3n) is 2.96. The Morgan fingerprint density at radius 1 is 1.00 bits per heavy atom. The Balaban J connectivity index is 1.99. The number of rotatable bonds is 3. The Morgan fingerprint density at radius 2 is 1.65 bits per heavy atom. The molecular weight excluding hydrogens is 271 g/mol. The molecule has 0 fully saturated rings. The molecule has 0 bridgehead atoms. The molecule has 2 rings (SSSR count). The van der Waals surface area contributed by atoms with Crippen molar-refractivity contribution in [2.75, 3.05) is 10.6 Å². The molecule has 2 N–H and O–H groups in total. The van der Waals surface area contributed by atoms with E-state index in [1.54, 1.807) is 18.2 Å². The molecular formula is C16H17FN2S. The van der Waals surface area contributed by atoms with Crippen molar-refractivity contribution in [3.05, 3.63) is 59.9 Å². The molecule has 2 aromatic carbocycles. The normalized spacial score (nSPS) is 10.4. The van der Waals surface area contributed by atoms with Gasteiger partial charge in [0.25, 0.3) is 0 Å². The van der Waals surface area contributed by atoms with E-state index in [4.69, 9.17) is 12.2 Å². The van der Waals surface area contributed by atoms with Crippen molar-refractivity contribution in [2.45, 2.75) is 19.8 Å². The zero-order valence-corrected chi connectivity index (χ0v) is 12.3. The van der Waals surface area contributed by atoms with E-state index in [1.807, 2.05) is 12.1 Å². The van der Waals surface area contributed by atoms with Gasteiger partial charge in [-0.2, -0.15) is 0 Å². The van der Waals surface area contributed by atoms with Crippen LogP contribution in [0.15, 0.2) is 48.5 Å². The minimum atomic E-state index is -0.327. The fourth-order valence-corrected chi connectivity index (χ4v) is 2.03. The van der Waals surface area contributed by atoms with Crippen molar-refractivity contribution in [1.82, 2.24) is 0 Å². The van der Waals surface area contributed by atoms with E-state index in [1.165, 1.54) is 11.6 Å². The average molecular weight is 288 g/mol. The van der Waals surface area contributed by atoms with Crippen LogP contribution in [0.4, 0.5) is 15.8 Å². The maximum Gasteiger partial charge on any atom is 0.175 e. The van der Waals surface area contributed by atoms with Gasteiger partial charge in [-0.15, -0.1) is 0 Å². The van der Waals surface area contributed by atoms with Crippen LogP contribution in [-0.2, 0) is 0 Å². The molecule has 0 saturated heterocycles. The van der Waals surface area contributed by atoms with Gasteiger partial charge < -0.3 is 10.6 Å². The van der Waals surface area contributed by atoms with Crippen molar-refractivity contribution in [3.8, 4) is 0 Å². The standard InChI is InChI=1S/C16H17FN2S/c1-11(2)12-7-9-13(10-8-12)18-16(20)19-15-6-4-3-5-14(15)17/h3-11H,1-2H3,(H2,18,19,20). The number of thiocarbonyl (C=S) groups is 1. The number of para-hydroxylation sites is 1. The lowest BCUT2D eigenvalue weighted by molar-refractivity contribution is 0.632. The van der Waals surface area contributed by atoms with E-state index in [0.29, 0.717) is 16.7 Å². The first-order chi connectivity index (χ1) is 9.56. The SMILES string of the molecule is CC(C)c1ccc(NC(=S)Nc2ccccc2F)cc1. The highest BCUT2D eigenvalue weighted by Crippen LogP contribution is 2.18. The monoisotopic (exact) mass is 288 g/mol. The highest BCUT2D eigenvalue weighted by Gasteiger charge is 2.04. The second-order valence-electron chi connectivity index (χ2n) is 4.84. The highest BCUT2D eigenvalue weighted by molar-refractivity contribution is 7.80. The highest BCUT2D eigenvalue weighted by atomic mass is 32.1. The van der Waals surface area contributed by atoms with Crippen LogP contribution >= 0.6 is 12.2 Å². The average Bonchev–Trinajstić information content (AvgIpc) is 2.42. The van der Waals surface area contributed by atoms with Gasteiger partial charge in [-0.25, -0.2) is 4.39 Å². The summed E-state index contributed by atoms with van der Waals surface area (Å²) in [5.74, 6) is 0.166. The second kappa shape index (κ2) is 6.48. The van der Waals surface area contributed by atoms with Crippen LogP contribution in [0.2, 0.25) is 0 Å². The molecule has 4 heteroatoms. The zero-order valence-electron chi connectivity index (χ0n) is 11.5. The zero-order chi connectivity index (χ0) is 14.5. The summed E-state index contributed by atoms with van der Waals surface area (Å²) in [6.45, 7) is 4.29. The number of hydrogen-bond acceptors (Lipinski definition) is 1. The second-order valence-corrected chi connectivity index (χ2v) is 5.24. The molecule has 2 nitrogen and oxygen atoms in total. The Hall–Kier alpha value is -1.94. The van der Waals surface area contributed by atoms with E-state index >= 15 is 0 Å². The van der Waals surface area contributed by atoms with Crippen molar-refractivity contribution >= 4 is 28.7 Å². The molecule has 0 atom stereocenters. The molecule has 0 spiro atoms. The molecule has 2 aromatic rings. The fraction of sp³-hybridized carbons (Fsp3) is 0.188. The van der Waals surface area contributed by atoms with Gasteiger partial charge in [0.2, 0.25) is 0 Å². The Kier molecular flexibility index (Phi) is 4.69. The van der Waals surface area contributed by atoms with Gasteiger partial charge >= 0.3 is 0 Å². The van der Waals surface area contributed by atoms with Gasteiger partial charge in [-0.3, -0.25) is 0 Å². The third kappa shape index (κ3) is 3.78. The molecule has 0 amide bonds. The Morgan fingerprint density at radius 3 is 2.25 bits per heavy atom. The van der Waals surface area contributed by atoms with Crippen LogP contribution in [0.3, 0.4) is 0 Å². The van der Waals surface area contributed by atoms with E-state index in [9.17, 15) is 4.39 Å². The quantitative estimate of drug-likeness (QED) is 0.796. The number of hydrogen-bond donors (Lipinski definition) is 2. The lowest BCUT2D eigenvalue weighted by atomic mass is 10.0. The summed E-state index contributed by atoms with van der Waals surface area (Å²) < 4.78 is 13.5. The predicted molar refractivity (Wildman–Crippen MR) is 86.8 cm³/mol. The summed E-state index contributed by atoms with van der Waals surface area (Å²) in [6.07, 6.45) is 0. The van der Waals surface area contributed by atoms with E-state index in [-0.39, 0.29) is 5.82 Å². The first-order valence-electron chi connectivity index (χ1n) is 6.49. The molecule has 0 heterocycles. The van der Waals surface area contributed by atoms with Crippen LogP contribution in [0.1, 0.15) is 25.3 Å². The van der Waals surface area contributed by atoms with E-state index in [0.717, 1.165) is 5.69 Å². The maximum absolute atomic E-state index is 13.5. The molecule has 20 heavy (non-hydrogen) atoms. The topological polar surface area (TPSA) is 24.1 Å². The summed E-state index contributed by atoms with van der Waals surface area (Å²) in [5.41, 5.74) is 2.51. The summed E-state index contributed by atoms with van der Waals surface area (Å²) >= 11 is 5.17. The molecule has 0 radical (unpaired) electrons. The van der Waals surface area contributed by atoms with Crippen molar-refractivity contribution in [2.24, 2.45) is 0 Å². The summed E-state index contributed by atoms with van der Waals surface area (Å²) in [6, 6.07) is 14.5. The first-order valence-corrected chi connectivity index (χ1v) is 6.89. The largest absolute Gasteiger partial charge is 0.332 e. The van der Waals surface area contributed by atoms with E-state index in [2.05, 4.69) is 36.6 Å². The van der Waals surface area contributed by atoms with E-state index < -0.39 is 0 Å². The van der Waals surface area contributed by atoms with Crippen LogP contribution in [0, 0.1) is 5.82 Å². The third-order valence-corrected chi connectivity index (χ3v) is 3.16. The summed E-state index contributed by atoms with van der Waals surface area (Å²) in [7, 11) is 0. The molecule has 0 aliphatic heterocycles. The Bertz CT molecular complexity index is 594. The van der Waals surface area contributed by atoms with Crippen LogP contribution < -0.4 is 10.6 Å².